The molecule has 2 fully saturated rings. The number of halogens is 3. The number of nitriles is 1. The van der Waals surface area contributed by atoms with Crippen molar-refractivity contribution in [3.8, 4) is 22.3 Å². The number of rotatable bonds is 30. The number of hydrogen-bond donors (Lipinski definition) is 2. The zero-order valence-electron chi connectivity index (χ0n) is 47.2. The summed E-state index contributed by atoms with van der Waals surface area (Å²) in [6.07, 6.45) is -3.65. The summed E-state index contributed by atoms with van der Waals surface area (Å²) in [4.78, 5) is 65.9. The van der Waals surface area contributed by atoms with Crippen molar-refractivity contribution in [1.29, 1.82) is 5.26 Å². The van der Waals surface area contributed by atoms with E-state index in [1.807, 2.05) is 58.9 Å². The molecule has 1 unspecified atom stereocenters. The second kappa shape index (κ2) is 29.7. The third-order valence-corrected chi connectivity index (χ3v) is 14.8. The lowest BCUT2D eigenvalue weighted by molar-refractivity contribution is -0.187. The quantitative estimate of drug-likeness (QED) is 0.0285. The summed E-state index contributed by atoms with van der Waals surface area (Å²) in [5.41, 5.74) is 0.944. The van der Waals surface area contributed by atoms with Gasteiger partial charge in [-0.15, -0.1) is 11.3 Å². The number of hydrogen-bond acceptors (Lipinski definition) is 15. The highest BCUT2D eigenvalue weighted by Crippen LogP contribution is 2.40. The largest absolute Gasteiger partial charge is 0.488 e. The first-order chi connectivity index (χ1) is 38.6. The van der Waals surface area contributed by atoms with Crippen LogP contribution in [-0.2, 0) is 60.3 Å². The van der Waals surface area contributed by atoms with E-state index in [0.717, 1.165) is 58.0 Å². The molecule has 18 nitrogen and oxygen atoms in total. The lowest BCUT2D eigenvalue weighted by atomic mass is 9.85. The molecule has 4 atom stereocenters. The topological polar surface area (TPSA) is 203 Å². The number of ether oxygens (including phenoxy) is 7. The molecule has 2 N–H and O–H groups in total. The fourth-order valence-corrected chi connectivity index (χ4v) is 10.5. The molecule has 3 aromatic carbocycles. The van der Waals surface area contributed by atoms with Gasteiger partial charge in [-0.2, -0.15) is 18.4 Å². The van der Waals surface area contributed by atoms with Gasteiger partial charge in [-0.05, 0) is 105 Å². The highest BCUT2D eigenvalue weighted by atomic mass is 32.1. The van der Waals surface area contributed by atoms with Crippen molar-refractivity contribution in [2.75, 3.05) is 82.4 Å². The molecule has 4 aromatic rings. The minimum absolute atomic E-state index is 0.0405. The number of alkyl halides is 3. The van der Waals surface area contributed by atoms with Crippen LogP contribution in [0.25, 0.3) is 10.4 Å². The summed E-state index contributed by atoms with van der Waals surface area (Å²) in [6.45, 7) is 16.9. The Morgan fingerprint density at radius 3 is 2.21 bits per heavy atom. The number of thiazole rings is 1. The molecule has 1 aromatic heterocycles. The van der Waals surface area contributed by atoms with Crippen LogP contribution in [0.15, 0.2) is 72.2 Å². The summed E-state index contributed by atoms with van der Waals surface area (Å²) in [6, 6.07) is 16.8. The van der Waals surface area contributed by atoms with Gasteiger partial charge in [-0.25, -0.2) is 4.98 Å². The maximum absolute atomic E-state index is 14.9. The van der Waals surface area contributed by atoms with Crippen LogP contribution in [0.4, 0.5) is 24.5 Å². The van der Waals surface area contributed by atoms with Gasteiger partial charge in [0.05, 0.1) is 84.7 Å². The molecule has 440 valence electrons. The van der Waals surface area contributed by atoms with Crippen molar-refractivity contribution < 1.29 is 65.5 Å². The predicted molar refractivity (Wildman–Crippen MR) is 303 cm³/mol. The van der Waals surface area contributed by atoms with Crippen LogP contribution in [0.1, 0.15) is 96.5 Å². The zero-order valence-corrected chi connectivity index (χ0v) is 48.9. The number of thiocarbonyl (C=S) groups is 1. The predicted octanol–water partition coefficient (Wildman–Crippen LogP) is 8.76. The minimum Gasteiger partial charge on any atom is -0.488 e. The molecule has 0 radical (unpaired) electrons. The lowest BCUT2D eigenvalue weighted by Gasteiger charge is -2.35. The Hall–Kier alpha value is -6.10. The van der Waals surface area contributed by atoms with Crippen LogP contribution in [0.3, 0.4) is 0 Å². The second-order valence-corrected chi connectivity index (χ2v) is 22.2. The van der Waals surface area contributed by atoms with Crippen LogP contribution in [0, 0.1) is 23.7 Å². The van der Waals surface area contributed by atoms with Gasteiger partial charge in [0.1, 0.15) is 36.6 Å². The number of aryl methyl sites for hydroxylation is 1. The van der Waals surface area contributed by atoms with Gasteiger partial charge in [0.25, 0.3) is 5.91 Å². The standard InChI is InChI=1S/C58H74F3N7O11S2/c1-9-11-12-23-74-28-29-77-49(36-78-44-21-19-42(20-22-44)68-55(80)67(54(72)57(68,7)8)43-18-17-41(32-62)46(30-43)58(59,60)61)79-45-31-47(52(70)63-33-39-13-15-40(16-14-39)50-38(3)64-37-81-50)66(34-45)53(71)51(56(4,5)6)65-48(69)35-76-27-26-75-25-24-73-10-2/h13-22,30,37,45,47,49,51H,9-12,23-29,31,33-36H2,1-8H3,(H,63,70)(H,65,69)/t45-,47+,49?,51-/m1/s1. The molecule has 0 spiro atoms. The third kappa shape index (κ3) is 17.5. The maximum atomic E-state index is 14.9. The van der Waals surface area contributed by atoms with E-state index >= 15 is 0 Å². The first kappa shape index (κ1) is 64.1. The van der Waals surface area contributed by atoms with E-state index < -0.39 is 76.4 Å². The summed E-state index contributed by atoms with van der Waals surface area (Å²) >= 11 is 7.28. The maximum Gasteiger partial charge on any atom is 0.417 e. The number of carbonyl (C=O) groups excluding carboxylic acids is 4. The molecular formula is C58H74F3N7O11S2. The summed E-state index contributed by atoms with van der Waals surface area (Å²) < 4.78 is 83.2. The molecule has 4 amide bonds. The summed E-state index contributed by atoms with van der Waals surface area (Å²) in [5, 5.41) is 15.2. The molecule has 6 rings (SSSR count). The number of carbonyl (C=O) groups is 4. The highest BCUT2D eigenvalue weighted by molar-refractivity contribution is 7.81. The first-order valence-corrected chi connectivity index (χ1v) is 28.4. The molecule has 0 saturated carbocycles. The lowest BCUT2D eigenvalue weighted by Crippen LogP contribution is -2.58. The smallest absolute Gasteiger partial charge is 0.417 e. The van der Waals surface area contributed by atoms with E-state index in [1.165, 1.54) is 15.9 Å². The first-order valence-electron chi connectivity index (χ1n) is 27.1. The Balaban J connectivity index is 1.18. The van der Waals surface area contributed by atoms with Crippen LogP contribution in [0.5, 0.6) is 5.75 Å². The number of benzene rings is 3. The van der Waals surface area contributed by atoms with Gasteiger partial charge in [0.2, 0.25) is 17.7 Å². The Bertz CT molecular complexity index is 2790. The van der Waals surface area contributed by atoms with Gasteiger partial charge < -0.3 is 53.6 Å². The average molecular weight is 1170 g/mol. The Morgan fingerprint density at radius 1 is 0.901 bits per heavy atom. The zero-order chi connectivity index (χ0) is 58.9. The average Bonchev–Trinajstić information content (AvgIpc) is 4.33. The van der Waals surface area contributed by atoms with E-state index in [9.17, 15) is 37.6 Å². The Morgan fingerprint density at radius 2 is 1.57 bits per heavy atom. The van der Waals surface area contributed by atoms with E-state index in [2.05, 4.69) is 22.5 Å². The van der Waals surface area contributed by atoms with E-state index in [1.54, 1.807) is 61.0 Å². The molecule has 2 saturated heterocycles. The van der Waals surface area contributed by atoms with Crippen molar-refractivity contribution in [1.82, 2.24) is 20.5 Å². The van der Waals surface area contributed by atoms with E-state index in [0.29, 0.717) is 37.9 Å². The van der Waals surface area contributed by atoms with Gasteiger partial charge in [-0.1, -0.05) is 64.8 Å². The molecule has 3 heterocycles. The van der Waals surface area contributed by atoms with Gasteiger partial charge in [0, 0.05) is 38.4 Å². The number of unbranched alkanes of at least 4 members (excludes halogenated alkanes) is 2. The van der Waals surface area contributed by atoms with Crippen molar-refractivity contribution in [2.45, 2.75) is 124 Å². The SMILES string of the molecule is CCCCCOCCOC(COc1ccc(N2C(=S)N(c3ccc(C#N)c(C(F)(F)F)c3)C(=O)C2(C)C)cc1)O[C@@H]1C[C@@H](C(=O)NCc2ccc(-c3scnc3C)cc2)N(C(=O)[C@@H](NC(=O)COCCOCCOCC)C(C)(C)C)C1. The van der Waals surface area contributed by atoms with Crippen LogP contribution >= 0.6 is 23.6 Å². The van der Waals surface area contributed by atoms with Crippen molar-refractivity contribution >= 4 is 63.7 Å². The number of aromatic nitrogens is 1. The summed E-state index contributed by atoms with van der Waals surface area (Å²) in [5.74, 6) is -1.66. The van der Waals surface area contributed by atoms with Crippen molar-refractivity contribution in [3.63, 3.8) is 0 Å². The molecule has 81 heavy (non-hydrogen) atoms. The molecule has 0 bridgehead atoms. The monoisotopic (exact) mass is 1170 g/mol. The van der Waals surface area contributed by atoms with Gasteiger partial charge in [-0.3, -0.25) is 24.1 Å². The fraction of sp³-hybridized carbons (Fsp3) is 0.534. The van der Waals surface area contributed by atoms with Crippen LogP contribution in [-0.4, -0.2) is 141 Å². The number of anilines is 2. The molecule has 23 heteroatoms. The highest BCUT2D eigenvalue weighted by Gasteiger charge is 2.51. The van der Waals surface area contributed by atoms with Gasteiger partial charge >= 0.3 is 6.18 Å². The van der Waals surface area contributed by atoms with Crippen molar-refractivity contribution in [3.05, 3.63) is 94.6 Å². The Kier molecular flexibility index (Phi) is 23.5. The fourth-order valence-electron chi connectivity index (χ4n) is 9.16. The summed E-state index contributed by atoms with van der Waals surface area (Å²) in [7, 11) is 0. The number of nitrogens with one attached hydrogen (secondary N) is 2. The molecule has 0 aliphatic carbocycles. The molecular weight excluding hydrogens is 1090 g/mol. The normalized spacial score (nSPS) is 17.1. The van der Waals surface area contributed by atoms with E-state index in [-0.39, 0.29) is 70.0 Å². The Labute approximate surface area is 481 Å². The van der Waals surface area contributed by atoms with Crippen molar-refractivity contribution in [2.24, 2.45) is 5.41 Å². The number of nitrogens with zero attached hydrogens (tertiary/aromatic N) is 5. The van der Waals surface area contributed by atoms with E-state index in [4.69, 9.17) is 45.4 Å². The molecule has 2 aliphatic heterocycles. The van der Waals surface area contributed by atoms with Crippen LogP contribution < -0.4 is 25.2 Å². The third-order valence-electron chi connectivity index (χ3n) is 13.5. The molecule has 2 aliphatic rings. The van der Waals surface area contributed by atoms with Crippen LogP contribution in [0.2, 0.25) is 0 Å². The number of amides is 4. The second-order valence-electron chi connectivity index (χ2n) is 21.0. The number of likely N-dealkylation sites (tertiary alicyclic amines) is 1. The minimum atomic E-state index is -4.85. The van der Waals surface area contributed by atoms with Gasteiger partial charge in [0.15, 0.2) is 11.4 Å².